The SMILES string of the molecule is CN[C@@H](C)COc1cccc2ncncc12. The molecule has 0 spiro atoms. The molecule has 1 aromatic heterocycles. The number of rotatable bonds is 4. The largest absolute Gasteiger partial charge is 0.491 e. The Morgan fingerprint density at radius 3 is 3.12 bits per heavy atom. The van der Waals surface area contributed by atoms with Crippen molar-refractivity contribution >= 4 is 10.9 Å². The summed E-state index contributed by atoms with van der Waals surface area (Å²) in [5, 5.41) is 4.08. The van der Waals surface area contributed by atoms with Gasteiger partial charge in [-0.2, -0.15) is 0 Å². The van der Waals surface area contributed by atoms with Gasteiger partial charge in [0.15, 0.2) is 0 Å². The number of fused-ring (bicyclic) bond motifs is 1. The molecule has 2 rings (SSSR count). The minimum absolute atomic E-state index is 0.319. The third-order valence-corrected chi connectivity index (χ3v) is 2.49. The Hall–Kier alpha value is -1.68. The Labute approximate surface area is 94.7 Å². The molecule has 4 heteroatoms. The Morgan fingerprint density at radius 1 is 1.44 bits per heavy atom. The quantitative estimate of drug-likeness (QED) is 0.845. The van der Waals surface area contributed by atoms with Crippen LogP contribution in [0.2, 0.25) is 0 Å². The highest BCUT2D eigenvalue weighted by atomic mass is 16.5. The average Bonchev–Trinajstić information content (AvgIpc) is 2.35. The van der Waals surface area contributed by atoms with Crippen molar-refractivity contribution in [2.24, 2.45) is 0 Å². The summed E-state index contributed by atoms with van der Waals surface area (Å²) in [6.45, 7) is 2.70. The van der Waals surface area contributed by atoms with Crippen molar-refractivity contribution in [1.29, 1.82) is 0 Å². The summed E-state index contributed by atoms with van der Waals surface area (Å²) in [6.07, 6.45) is 3.32. The standard InChI is InChI=1S/C12H15N3O/c1-9(13-2)7-16-12-5-3-4-11-10(12)6-14-8-15-11/h3-6,8-9,13H,7H2,1-2H3/t9-/m0/s1. The van der Waals surface area contributed by atoms with Gasteiger partial charge in [-0.15, -0.1) is 0 Å². The van der Waals surface area contributed by atoms with Crippen molar-refractivity contribution in [3.63, 3.8) is 0 Å². The third kappa shape index (κ3) is 2.28. The van der Waals surface area contributed by atoms with Crippen LogP contribution in [0, 0.1) is 0 Å². The Bertz CT molecular complexity index is 467. The molecule has 0 saturated heterocycles. The molecule has 16 heavy (non-hydrogen) atoms. The maximum atomic E-state index is 5.73. The van der Waals surface area contributed by atoms with Gasteiger partial charge in [-0.05, 0) is 26.1 Å². The van der Waals surface area contributed by atoms with E-state index < -0.39 is 0 Å². The molecule has 1 atom stereocenters. The van der Waals surface area contributed by atoms with Crippen LogP contribution >= 0.6 is 0 Å². The van der Waals surface area contributed by atoms with Crippen molar-refractivity contribution < 1.29 is 4.74 Å². The zero-order chi connectivity index (χ0) is 11.4. The molecular formula is C12H15N3O. The molecule has 1 heterocycles. The second-order valence-electron chi connectivity index (χ2n) is 3.71. The molecule has 1 N–H and O–H groups in total. The van der Waals surface area contributed by atoms with Gasteiger partial charge < -0.3 is 10.1 Å². The topological polar surface area (TPSA) is 47.0 Å². The summed E-state index contributed by atoms with van der Waals surface area (Å²) < 4.78 is 5.73. The maximum Gasteiger partial charge on any atom is 0.130 e. The van der Waals surface area contributed by atoms with E-state index in [2.05, 4.69) is 22.2 Å². The first-order valence-corrected chi connectivity index (χ1v) is 5.30. The van der Waals surface area contributed by atoms with Crippen molar-refractivity contribution in [3.8, 4) is 5.75 Å². The van der Waals surface area contributed by atoms with Crippen LogP contribution in [0.5, 0.6) is 5.75 Å². The number of benzene rings is 1. The van der Waals surface area contributed by atoms with Gasteiger partial charge in [-0.3, -0.25) is 0 Å². The highest BCUT2D eigenvalue weighted by Gasteiger charge is 2.04. The molecule has 84 valence electrons. The van der Waals surface area contributed by atoms with Crippen molar-refractivity contribution in [3.05, 3.63) is 30.7 Å². The van der Waals surface area contributed by atoms with E-state index in [1.165, 1.54) is 0 Å². The lowest BCUT2D eigenvalue weighted by molar-refractivity contribution is 0.283. The first-order chi connectivity index (χ1) is 7.81. The highest BCUT2D eigenvalue weighted by Crippen LogP contribution is 2.22. The lowest BCUT2D eigenvalue weighted by atomic mass is 10.2. The molecule has 0 bridgehead atoms. The first kappa shape index (κ1) is 10.8. The van der Waals surface area contributed by atoms with Crippen LogP contribution in [0.3, 0.4) is 0 Å². The molecule has 0 unspecified atom stereocenters. The molecule has 4 nitrogen and oxygen atoms in total. The fourth-order valence-electron chi connectivity index (χ4n) is 1.40. The summed E-state index contributed by atoms with van der Waals surface area (Å²) in [5.41, 5.74) is 0.907. The summed E-state index contributed by atoms with van der Waals surface area (Å²) in [7, 11) is 1.92. The molecule has 0 radical (unpaired) electrons. The number of likely N-dealkylation sites (N-methyl/N-ethyl adjacent to an activating group) is 1. The zero-order valence-corrected chi connectivity index (χ0v) is 9.47. The van der Waals surface area contributed by atoms with E-state index >= 15 is 0 Å². The Morgan fingerprint density at radius 2 is 2.31 bits per heavy atom. The van der Waals surface area contributed by atoms with Crippen LogP contribution in [0.15, 0.2) is 30.7 Å². The van der Waals surface area contributed by atoms with Crippen LogP contribution < -0.4 is 10.1 Å². The molecule has 0 aliphatic rings. The van der Waals surface area contributed by atoms with E-state index in [0.717, 1.165) is 16.7 Å². The van der Waals surface area contributed by atoms with Crippen LogP contribution in [-0.2, 0) is 0 Å². The van der Waals surface area contributed by atoms with Crippen molar-refractivity contribution in [2.75, 3.05) is 13.7 Å². The fourth-order valence-corrected chi connectivity index (χ4v) is 1.40. The van der Waals surface area contributed by atoms with Gasteiger partial charge in [0.2, 0.25) is 0 Å². The molecule has 0 aliphatic heterocycles. The van der Waals surface area contributed by atoms with Gasteiger partial charge in [0.05, 0.1) is 10.9 Å². The Balaban J connectivity index is 2.23. The number of ether oxygens (including phenoxy) is 1. The molecule has 0 aliphatic carbocycles. The molecule has 0 saturated carbocycles. The number of aromatic nitrogens is 2. The van der Waals surface area contributed by atoms with Crippen molar-refractivity contribution in [1.82, 2.24) is 15.3 Å². The monoisotopic (exact) mass is 217 g/mol. The zero-order valence-electron chi connectivity index (χ0n) is 9.47. The van der Waals surface area contributed by atoms with Crippen LogP contribution in [0.1, 0.15) is 6.92 Å². The van der Waals surface area contributed by atoms with Gasteiger partial charge in [0.1, 0.15) is 18.7 Å². The van der Waals surface area contributed by atoms with Crippen LogP contribution in [0.25, 0.3) is 10.9 Å². The minimum Gasteiger partial charge on any atom is -0.491 e. The fraction of sp³-hybridized carbons (Fsp3) is 0.333. The second kappa shape index (κ2) is 4.90. The van der Waals surface area contributed by atoms with Crippen molar-refractivity contribution in [2.45, 2.75) is 13.0 Å². The first-order valence-electron chi connectivity index (χ1n) is 5.30. The lowest BCUT2D eigenvalue weighted by Gasteiger charge is -2.13. The molecular weight excluding hydrogens is 202 g/mol. The minimum atomic E-state index is 0.319. The number of nitrogens with zero attached hydrogens (tertiary/aromatic N) is 2. The lowest BCUT2D eigenvalue weighted by Crippen LogP contribution is -2.28. The molecule has 0 fully saturated rings. The highest BCUT2D eigenvalue weighted by molar-refractivity contribution is 5.83. The number of hydrogen-bond donors (Lipinski definition) is 1. The van der Waals surface area contributed by atoms with Crippen LogP contribution in [0.4, 0.5) is 0 Å². The third-order valence-electron chi connectivity index (χ3n) is 2.49. The van der Waals surface area contributed by atoms with E-state index in [1.807, 2.05) is 25.2 Å². The molecule has 2 aromatic rings. The predicted molar refractivity (Wildman–Crippen MR) is 63.6 cm³/mol. The summed E-state index contributed by atoms with van der Waals surface area (Å²) in [6, 6.07) is 6.15. The summed E-state index contributed by atoms with van der Waals surface area (Å²) in [4.78, 5) is 8.20. The maximum absolute atomic E-state index is 5.73. The summed E-state index contributed by atoms with van der Waals surface area (Å²) in [5.74, 6) is 0.834. The Kier molecular flexibility index (Phi) is 3.31. The van der Waals surface area contributed by atoms with E-state index in [0.29, 0.717) is 12.6 Å². The van der Waals surface area contributed by atoms with E-state index in [9.17, 15) is 0 Å². The average molecular weight is 217 g/mol. The summed E-state index contributed by atoms with van der Waals surface area (Å²) >= 11 is 0. The number of nitrogens with one attached hydrogen (secondary N) is 1. The second-order valence-corrected chi connectivity index (χ2v) is 3.71. The van der Waals surface area contributed by atoms with Crippen LogP contribution in [-0.4, -0.2) is 29.7 Å². The van der Waals surface area contributed by atoms with Gasteiger partial charge in [-0.1, -0.05) is 6.07 Å². The van der Waals surface area contributed by atoms with Gasteiger partial charge in [0.25, 0.3) is 0 Å². The molecule has 0 amide bonds. The molecule has 1 aromatic carbocycles. The normalized spacial score (nSPS) is 12.6. The van der Waals surface area contributed by atoms with Gasteiger partial charge in [0, 0.05) is 12.2 Å². The predicted octanol–water partition coefficient (Wildman–Crippen LogP) is 1.62. The van der Waals surface area contributed by atoms with Gasteiger partial charge >= 0.3 is 0 Å². The number of hydrogen-bond acceptors (Lipinski definition) is 4. The van der Waals surface area contributed by atoms with E-state index in [4.69, 9.17) is 4.74 Å². The van der Waals surface area contributed by atoms with E-state index in [-0.39, 0.29) is 0 Å². The van der Waals surface area contributed by atoms with Gasteiger partial charge in [-0.25, -0.2) is 9.97 Å². The van der Waals surface area contributed by atoms with E-state index in [1.54, 1.807) is 12.5 Å². The smallest absolute Gasteiger partial charge is 0.130 e.